The third kappa shape index (κ3) is 5.15. The number of halogens is 1. The van der Waals surface area contributed by atoms with Crippen LogP contribution in [0.15, 0.2) is 60.7 Å². The molecule has 174 valence electrons. The van der Waals surface area contributed by atoms with Crippen LogP contribution in [0.25, 0.3) is 0 Å². The van der Waals surface area contributed by atoms with E-state index in [-0.39, 0.29) is 22.9 Å². The number of aliphatic hydroxyl groups excluding tert-OH is 1. The summed E-state index contributed by atoms with van der Waals surface area (Å²) in [5.74, 6) is -0.826. The maximum absolute atomic E-state index is 12.5. The fourth-order valence-corrected chi connectivity index (χ4v) is 5.40. The Morgan fingerprint density at radius 2 is 1.79 bits per heavy atom. The minimum atomic E-state index is -0.946. The van der Waals surface area contributed by atoms with Crippen LogP contribution in [0.5, 0.6) is 0 Å². The zero-order valence-electron chi connectivity index (χ0n) is 18.6. The molecule has 2 N–H and O–H groups in total. The van der Waals surface area contributed by atoms with Crippen molar-refractivity contribution in [3.8, 4) is 0 Å². The molecule has 33 heavy (non-hydrogen) atoms. The molecule has 2 fully saturated rings. The fourth-order valence-electron chi connectivity index (χ4n) is 5.27. The number of aromatic carboxylic acids is 1. The Labute approximate surface area is 199 Å². The van der Waals surface area contributed by atoms with E-state index in [4.69, 9.17) is 16.7 Å². The van der Waals surface area contributed by atoms with Crippen molar-refractivity contribution in [1.29, 1.82) is 0 Å². The number of aliphatic hydroxyl groups is 1. The number of likely N-dealkylation sites (tertiary alicyclic amines) is 1. The summed E-state index contributed by atoms with van der Waals surface area (Å²) in [5, 5.41) is 21.0. The molecule has 0 spiro atoms. The molecular weight excluding hydrogens is 438 g/mol. The molecule has 1 heterocycles. The summed E-state index contributed by atoms with van der Waals surface area (Å²) in [6.45, 7) is 0.568. The highest BCUT2D eigenvalue weighted by Gasteiger charge is 2.41. The lowest BCUT2D eigenvalue weighted by Gasteiger charge is -2.34. The quantitative estimate of drug-likeness (QED) is 0.535. The number of nitrogens with zero attached hydrogens (tertiary/aromatic N) is 1. The maximum atomic E-state index is 12.5. The number of carbonyl (C=O) groups excluding carboxylic acids is 1. The SMILES string of the molecule is O=C(O)c1ccc(CCN2C(=O)CC[C@@H]2/C=C/C(O)C2(c3ccc(Cl)cc3)CCCC2)cc1. The molecule has 1 amide bonds. The molecule has 0 aromatic heterocycles. The van der Waals surface area contributed by atoms with Crippen molar-refractivity contribution in [2.45, 2.75) is 62.5 Å². The van der Waals surface area contributed by atoms with Crippen molar-refractivity contribution in [3.05, 3.63) is 82.4 Å². The zero-order valence-corrected chi connectivity index (χ0v) is 19.4. The summed E-state index contributed by atoms with van der Waals surface area (Å²) < 4.78 is 0. The van der Waals surface area contributed by atoms with Gasteiger partial charge >= 0.3 is 5.97 Å². The van der Waals surface area contributed by atoms with Gasteiger partial charge in [0.1, 0.15) is 0 Å². The molecule has 1 saturated heterocycles. The molecule has 0 bridgehead atoms. The standard InChI is InChI=1S/C27H30ClNO4/c28-22-9-7-21(8-10-22)27(16-1-2-17-27)24(30)13-11-23-12-14-25(31)29(23)18-15-19-3-5-20(6-4-19)26(32)33/h3-11,13,23-24,30H,1-2,12,14-18H2,(H,32,33)/b13-11+/t23-,24?/m0/s1. The second kappa shape index (κ2) is 10.1. The summed E-state index contributed by atoms with van der Waals surface area (Å²) in [6, 6.07) is 14.6. The van der Waals surface area contributed by atoms with Gasteiger partial charge in [-0.05, 0) is 61.1 Å². The molecule has 2 atom stereocenters. The topological polar surface area (TPSA) is 77.8 Å². The van der Waals surface area contributed by atoms with Crippen LogP contribution < -0.4 is 0 Å². The van der Waals surface area contributed by atoms with E-state index >= 15 is 0 Å². The Morgan fingerprint density at radius 1 is 1.12 bits per heavy atom. The van der Waals surface area contributed by atoms with Gasteiger partial charge in [0.15, 0.2) is 0 Å². The van der Waals surface area contributed by atoms with E-state index in [1.54, 1.807) is 24.3 Å². The minimum Gasteiger partial charge on any atom is -0.478 e. The summed E-state index contributed by atoms with van der Waals surface area (Å²) in [5.41, 5.74) is 2.06. The van der Waals surface area contributed by atoms with Crippen molar-refractivity contribution < 1.29 is 19.8 Å². The molecule has 2 aromatic carbocycles. The van der Waals surface area contributed by atoms with E-state index in [1.807, 2.05) is 41.3 Å². The van der Waals surface area contributed by atoms with Gasteiger partial charge in [-0.3, -0.25) is 4.79 Å². The number of carboxylic acids is 1. The van der Waals surface area contributed by atoms with Crippen molar-refractivity contribution in [1.82, 2.24) is 4.90 Å². The van der Waals surface area contributed by atoms with Crippen molar-refractivity contribution in [3.63, 3.8) is 0 Å². The van der Waals surface area contributed by atoms with Crippen LogP contribution in [0.1, 0.15) is 60.0 Å². The van der Waals surface area contributed by atoms with E-state index in [0.29, 0.717) is 24.4 Å². The molecule has 2 aromatic rings. The summed E-state index contributed by atoms with van der Waals surface area (Å²) in [6.07, 6.45) is 9.20. The number of hydrogen-bond donors (Lipinski definition) is 2. The normalized spacial score (nSPS) is 21.1. The number of amides is 1. The highest BCUT2D eigenvalue weighted by Crippen LogP contribution is 2.44. The van der Waals surface area contributed by atoms with Crippen LogP contribution in [-0.4, -0.2) is 45.7 Å². The third-order valence-corrected chi connectivity index (χ3v) is 7.47. The Bertz CT molecular complexity index is 1010. The zero-order chi connectivity index (χ0) is 23.4. The van der Waals surface area contributed by atoms with Gasteiger partial charge < -0.3 is 15.1 Å². The monoisotopic (exact) mass is 467 g/mol. The summed E-state index contributed by atoms with van der Waals surface area (Å²) in [7, 11) is 0. The molecule has 6 heteroatoms. The predicted octanol–water partition coefficient (Wildman–Crippen LogP) is 5.00. The number of rotatable bonds is 8. The van der Waals surface area contributed by atoms with Gasteiger partial charge in [0.05, 0.1) is 17.7 Å². The molecule has 4 rings (SSSR count). The largest absolute Gasteiger partial charge is 0.478 e. The van der Waals surface area contributed by atoms with Gasteiger partial charge in [0, 0.05) is 23.4 Å². The van der Waals surface area contributed by atoms with Gasteiger partial charge in [0.2, 0.25) is 5.91 Å². The molecule has 2 aliphatic rings. The first-order chi connectivity index (χ1) is 15.9. The van der Waals surface area contributed by atoms with E-state index in [2.05, 4.69) is 0 Å². The molecule has 1 aliphatic heterocycles. The number of carboxylic acid groups (broad SMARTS) is 1. The summed E-state index contributed by atoms with van der Waals surface area (Å²) >= 11 is 6.08. The average molecular weight is 468 g/mol. The van der Waals surface area contributed by atoms with Gasteiger partial charge in [-0.15, -0.1) is 0 Å². The van der Waals surface area contributed by atoms with Crippen molar-refractivity contribution in [2.24, 2.45) is 0 Å². The number of benzene rings is 2. The predicted molar refractivity (Wildman–Crippen MR) is 129 cm³/mol. The van der Waals surface area contributed by atoms with Crippen LogP contribution in [0, 0.1) is 0 Å². The van der Waals surface area contributed by atoms with Crippen LogP contribution >= 0.6 is 11.6 Å². The first-order valence-electron chi connectivity index (χ1n) is 11.6. The molecule has 5 nitrogen and oxygen atoms in total. The molecular formula is C27H30ClNO4. The molecule has 1 aliphatic carbocycles. The minimum absolute atomic E-state index is 0.0332. The number of carbonyl (C=O) groups is 2. The number of hydrogen-bond acceptors (Lipinski definition) is 3. The second-order valence-electron chi connectivity index (χ2n) is 9.15. The van der Waals surface area contributed by atoms with Crippen molar-refractivity contribution in [2.75, 3.05) is 6.54 Å². The van der Waals surface area contributed by atoms with Crippen LogP contribution in [0.4, 0.5) is 0 Å². The Morgan fingerprint density at radius 3 is 2.42 bits per heavy atom. The second-order valence-corrected chi connectivity index (χ2v) is 9.58. The van der Waals surface area contributed by atoms with E-state index in [0.717, 1.165) is 43.2 Å². The Kier molecular flexibility index (Phi) is 7.20. The van der Waals surface area contributed by atoms with Gasteiger partial charge in [-0.25, -0.2) is 4.79 Å². The first kappa shape index (κ1) is 23.5. The van der Waals surface area contributed by atoms with Gasteiger partial charge in [-0.1, -0.05) is 60.9 Å². The Hall–Kier alpha value is -2.63. The summed E-state index contributed by atoms with van der Waals surface area (Å²) in [4.78, 5) is 25.4. The van der Waals surface area contributed by atoms with Crippen LogP contribution in [-0.2, 0) is 16.6 Å². The molecule has 1 saturated carbocycles. The fraction of sp³-hybridized carbons (Fsp3) is 0.407. The average Bonchev–Trinajstić information content (AvgIpc) is 3.44. The molecule has 1 unspecified atom stereocenters. The smallest absolute Gasteiger partial charge is 0.335 e. The van der Waals surface area contributed by atoms with Gasteiger partial charge in [-0.2, -0.15) is 0 Å². The lowest BCUT2D eigenvalue weighted by atomic mass is 9.74. The highest BCUT2D eigenvalue weighted by molar-refractivity contribution is 6.30. The van der Waals surface area contributed by atoms with E-state index < -0.39 is 12.1 Å². The van der Waals surface area contributed by atoms with Crippen LogP contribution in [0.3, 0.4) is 0 Å². The lowest BCUT2D eigenvalue weighted by Crippen LogP contribution is -2.37. The first-order valence-corrected chi connectivity index (χ1v) is 12.0. The molecule has 0 radical (unpaired) electrons. The van der Waals surface area contributed by atoms with E-state index in [1.165, 1.54) is 0 Å². The van der Waals surface area contributed by atoms with Gasteiger partial charge in [0.25, 0.3) is 0 Å². The lowest BCUT2D eigenvalue weighted by molar-refractivity contribution is -0.128. The highest BCUT2D eigenvalue weighted by atomic mass is 35.5. The van der Waals surface area contributed by atoms with E-state index in [9.17, 15) is 14.7 Å². The third-order valence-electron chi connectivity index (χ3n) is 7.21. The maximum Gasteiger partial charge on any atom is 0.335 e. The van der Waals surface area contributed by atoms with Crippen LogP contribution in [0.2, 0.25) is 5.02 Å². The van der Waals surface area contributed by atoms with Crippen molar-refractivity contribution >= 4 is 23.5 Å². The Balaban J connectivity index is 1.43.